The predicted octanol–water partition coefficient (Wildman–Crippen LogP) is -15.2. The fraction of sp³-hybridized carbons (Fsp3) is 0.907. The van der Waals surface area contributed by atoms with Crippen molar-refractivity contribution in [3.05, 3.63) is 0 Å². The van der Waals surface area contributed by atoms with Gasteiger partial charge in [0.05, 0.1) is 83.8 Å². The van der Waals surface area contributed by atoms with Crippen LogP contribution in [0.1, 0.15) is 41.0 Å². The molecule has 0 aliphatic carbocycles. The number of carbonyl (C=O) groups excluding carboxylic acids is 4. The summed E-state index contributed by atoms with van der Waals surface area (Å²) in [5.74, 6) is -8.10. The Kier molecular flexibility index (Phi) is 30.5. The van der Waals surface area contributed by atoms with Crippen molar-refractivity contribution in [2.75, 3.05) is 59.5 Å². The van der Waals surface area contributed by atoms with E-state index < -0.39 is 303 Å². The molecule has 6 aliphatic rings. The molecule has 42 nitrogen and oxygen atoms in total. The van der Waals surface area contributed by atoms with Crippen molar-refractivity contribution in [2.24, 2.45) is 0 Å². The van der Waals surface area contributed by atoms with E-state index in [2.05, 4.69) is 21.3 Å². The maximum absolute atomic E-state index is 12.8. The zero-order chi connectivity index (χ0) is 71.5. The van der Waals surface area contributed by atoms with Crippen LogP contribution in [0.4, 0.5) is 0 Å². The van der Waals surface area contributed by atoms with Gasteiger partial charge in [-0.25, -0.2) is 4.79 Å². The molecule has 42 heteroatoms. The first kappa shape index (κ1) is 81.0. The van der Waals surface area contributed by atoms with Gasteiger partial charge >= 0.3 is 5.97 Å². The minimum atomic E-state index is -3.02. The van der Waals surface area contributed by atoms with E-state index in [0.717, 1.165) is 20.8 Å². The van der Waals surface area contributed by atoms with Crippen LogP contribution in [-0.4, -0.2) is 399 Å². The summed E-state index contributed by atoms with van der Waals surface area (Å²) in [6, 6.07) is -6.28. The van der Waals surface area contributed by atoms with E-state index in [9.17, 15) is 126 Å². The lowest BCUT2D eigenvalue weighted by atomic mass is 9.88. The number of rotatable bonds is 31. The van der Waals surface area contributed by atoms with Crippen LogP contribution in [-0.2, 0) is 85.6 Å². The molecule has 0 aromatic carbocycles. The summed E-state index contributed by atoms with van der Waals surface area (Å²) in [4.78, 5) is 62.2. The predicted molar refractivity (Wildman–Crippen MR) is 301 cm³/mol. The van der Waals surface area contributed by atoms with Gasteiger partial charge in [-0.15, -0.1) is 0 Å². The molecule has 34 atom stereocenters. The number of carboxylic acids is 1. The third-order valence-electron chi connectivity index (χ3n) is 16.8. The number of carboxylic acid groups (broad SMARTS) is 1. The molecule has 6 aliphatic heterocycles. The molecule has 0 bridgehead atoms. The molecule has 96 heavy (non-hydrogen) atoms. The van der Waals surface area contributed by atoms with Gasteiger partial charge < -0.3 is 185 Å². The summed E-state index contributed by atoms with van der Waals surface area (Å²) in [7, 11) is 0. The highest BCUT2D eigenvalue weighted by atomic mass is 16.8. The summed E-state index contributed by atoms with van der Waals surface area (Å²) in [5.41, 5.74) is 0. The van der Waals surface area contributed by atoms with Crippen LogP contribution in [0.3, 0.4) is 0 Å². The average Bonchev–Trinajstić information content (AvgIpc) is 0.783. The third kappa shape index (κ3) is 19.2. The number of carbonyl (C=O) groups is 5. The molecule has 24 N–H and O–H groups in total. The van der Waals surface area contributed by atoms with Crippen LogP contribution < -0.4 is 21.3 Å². The topological polar surface area (TPSA) is 658 Å². The fourth-order valence-corrected chi connectivity index (χ4v) is 11.9. The highest BCUT2D eigenvalue weighted by molar-refractivity contribution is 5.77. The van der Waals surface area contributed by atoms with Crippen molar-refractivity contribution in [3.63, 3.8) is 0 Å². The van der Waals surface area contributed by atoms with Gasteiger partial charge in [-0.2, -0.15) is 0 Å². The molecule has 18 unspecified atom stereocenters. The molecule has 0 spiro atoms. The summed E-state index contributed by atoms with van der Waals surface area (Å²) >= 11 is 0. The van der Waals surface area contributed by atoms with E-state index in [0.29, 0.717) is 0 Å². The molecule has 4 amide bonds. The number of aliphatic carboxylic acids is 1. The first-order chi connectivity index (χ1) is 45.2. The molecule has 6 fully saturated rings. The Morgan fingerprint density at radius 3 is 1.45 bits per heavy atom. The summed E-state index contributed by atoms with van der Waals surface area (Å²) in [5, 5.41) is 226. The van der Waals surface area contributed by atoms with Crippen LogP contribution in [0.2, 0.25) is 0 Å². The summed E-state index contributed by atoms with van der Waals surface area (Å²) < 4.78 is 75.7. The number of nitrogens with one attached hydrogen (secondary N) is 4. The summed E-state index contributed by atoms with van der Waals surface area (Å²) in [6.45, 7) is -3.81. The van der Waals surface area contributed by atoms with E-state index in [1.807, 2.05) is 0 Å². The van der Waals surface area contributed by atoms with Gasteiger partial charge in [0, 0.05) is 34.1 Å². The Morgan fingerprint density at radius 1 is 0.490 bits per heavy atom. The van der Waals surface area contributed by atoms with E-state index in [4.69, 9.17) is 61.6 Å². The van der Waals surface area contributed by atoms with Crippen molar-refractivity contribution < 1.29 is 188 Å². The van der Waals surface area contributed by atoms with Crippen LogP contribution in [0.25, 0.3) is 0 Å². The monoisotopic (exact) mass is 1400 g/mol. The van der Waals surface area contributed by atoms with Crippen molar-refractivity contribution in [1.82, 2.24) is 21.3 Å². The maximum Gasteiger partial charge on any atom is 0.364 e. The maximum atomic E-state index is 12.8. The Bertz CT molecular complexity index is 2470. The first-order valence-electron chi connectivity index (χ1n) is 30.5. The number of hydrogen-bond donors (Lipinski definition) is 24. The second-order valence-electron chi connectivity index (χ2n) is 23.8. The molecule has 0 aromatic rings. The molecular formula is C54H92N4O38. The summed E-state index contributed by atoms with van der Waals surface area (Å²) in [6.07, 6.45) is -56.7. The largest absolute Gasteiger partial charge is 0.477 e. The van der Waals surface area contributed by atoms with Crippen molar-refractivity contribution in [1.29, 1.82) is 0 Å². The fourth-order valence-electron chi connectivity index (χ4n) is 11.9. The highest BCUT2D eigenvalue weighted by Crippen LogP contribution is 2.38. The Balaban J connectivity index is 1.19. The normalized spacial score (nSPS) is 42.2. The van der Waals surface area contributed by atoms with Crippen molar-refractivity contribution in [3.8, 4) is 0 Å². The third-order valence-corrected chi connectivity index (χ3v) is 16.8. The Morgan fingerprint density at radius 2 is 0.938 bits per heavy atom. The standard InChI is InChI=1S/C54H92N4O38/c1-16-31(55-17(2)66)38(76)45(25(10-62)86-16)93-49-33(57-19(4)68)39(77)44(26(11-63)89-49)92-30(13-65)87-28(22(71)7-59)14-84-52-48(42(80)36(74)24(9-61)88-52)95-50-34(58-20(5)69)40(78)46(27(12-64)90-50)94-51-43(81)41(79)37(75)29(91-51)15-85-54(53(82)83)6-21(70)32(56-18(3)67)47(96-54)35(73)23(72)8-60/h16,21-52,59-65,70-81H,6-15H2,1-5H3,(H,55,66)(H,56,67)(H,57,68)(H,58,69)(H,82,83)/t16-,21?,22-,23+,24?,25?,26?,27?,28?,29?,30-,31?,32+,33?,34?,35-,36+,37-,38?,39?,40?,41?,42?,43?,44+,45+,46+,47?,48?,49-,50-,51-,52-,54+/m0/s1. The number of amides is 4. The van der Waals surface area contributed by atoms with Crippen LogP contribution in [0.15, 0.2) is 0 Å². The van der Waals surface area contributed by atoms with Crippen LogP contribution in [0.5, 0.6) is 0 Å². The second-order valence-corrected chi connectivity index (χ2v) is 23.8. The minimum Gasteiger partial charge on any atom is -0.477 e. The minimum absolute atomic E-state index is 0.566. The van der Waals surface area contributed by atoms with Gasteiger partial charge in [-0.1, -0.05) is 0 Å². The van der Waals surface area contributed by atoms with E-state index in [-0.39, 0.29) is 0 Å². The zero-order valence-electron chi connectivity index (χ0n) is 52.4. The second kappa shape index (κ2) is 36.1. The number of hydrogen-bond acceptors (Lipinski definition) is 37. The highest BCUT2D eigenvalue weighted by Gasteiger charge is 2.59. The van der Waals surface area contributed by atoms with Gasteiger partial charge in [0.2, 0.25) is 23.6 Å². The van der Waals surface area contributed by atoms with Gasteiger partial charge in [-0.3, -0.25) is 19.2 Å². The number of aliphatic hydroxyl groups is 19. The van der Waals surface area contributed by atoms with E-state index in [1.54, 1.807) is 0 Å². The quantitative estimate of drug-likeness (QED) is 0.0287. The van der Waals surface area contributed by atoms with E-state index in [1.165, 1.54) is 13.8 Å². The Labute approximate surface area is 545 Å². The molecule has 6 heterocycles. The van der Waals surface area contributed by atoms with Gasteiger partial charge in [0.25, 0.3) is 5.79 Å². The SMILES string of the molecule is CC(=O)NC1C(O)[C@H](O[C@@H](CO)OC(CO[C@H]2OC(CO)[C@@H](O)C(O)C2O[C@@H]2OC(CO)[C@@H](O[C@@H]3OC(CO[C@]4(C(=O)O)CC(O)[C@@H](NC(C)=O)C([C@@H](O)[C@H](O)CO)O4)[C@H](O)C(O)C3O)C(O)C2NC(C)=O)[C@@H](O)CO)C(CO)O[C@H]1O[C@@H]1C(CO)O[C@@H](C)C(NC(C)=O)C1O. The Hall–Kier alpha value is -3.93. The van der Waals surface area contributed by atoms with Crippen LogP contribution >= 0.6 is 0 Å². The first-order valence-corrected chi connectivity index (χ1v) is 30.5. The molecular weight excluding hydrogens is 1310 g/mol. The van der Waals surface area contributed by atoms with Crippen molar-refractivity contribution >= 4 is 29.6 Å². The lowest BCUT2D eigenvalue weighted by Gasteiger charge is -2.49. The molecule has 556 valence electrons. The lowest BCUT2D eigenvalue weighted by Crippen LogP contribution is -2.69. The van der Waals surface area contributed by atoms with Crippen LogP contribution in [0, 0.1) is 0 Å². The zero-order valence-corrected chi connectivity index (χ0v) is 52.4. The number of aliphatic hydroxyl groups excluding tert-OH is 19. The molecule has 6 saturated heterocycles. The average molecular weight is 1410 g/mol. The molecule has 6 rings (SSSR count). The molecule has 0 saturated carbocycles. The number of ether oxygens (including phenoxy) is 13. The lowest BCUT2D eigenvalue weighted by molar-refractivity contribution is -0.377. The molecule has 0 radical (unpaired) electrons. The van der Waals surface area contributed by atoms with Gasteiger partial charge in [0.15, 0.2) is 31.5 Å². The van der Waals surface area contributed by atoms with Gasteiger partial charge in [0.1, 0.15) is 146 Å². The smallest absolute Gasteiger partial charge is 0.364 e. The van der Waals surface area contributed by atoms with Crippen molar-refractivity contribution in [2.45, 2.75) is 249 Å². The van der Waals surface area contributed by atoms with E-state index >= 15 is 0 Å². The molecule has 0 aromatic heterocycles. The van der Waals surface area contributed by atoms with Gasteiger partial charge in [-0.05, 0) is 6.92 Å².